The van der Waals surface area contributed by atoms with Crippen LogP contribution in [0, 0.1) is 0 Å². The zero-order chi connectivity index (χ0) is 9.26. The molecule has 0 atom stereocenters. The van der Waals surface area contributed by atoms with Gasteiger partial charge in [0.1, 0.15) is 5.82 Å². The molecule has 4 nitrogen and oxygen atoms in total. The van der Waals surface area contributed by atoms with Crippen LogP contribution in [-0.4, -0.2) is 14.8 Å². The lowest BCUT2D eigenvalue weighted by molar-refractivity contribution is 0.768. The SMILES string of the molecule is Cn1cc(-c2cccc(N)n2)cn1. The van der Waals surface area contributed by atoms with E-state index in [9.17, 15) is 0 Å². The number of pyridine rings is 1. The zero-order valence-corrected chi connectivity index (χ0v) is 7.31. The monoisotopic (exact) mass is 174 g/mol. The highest BCUT2D eigenvalue weighted by atomic mass is 15.2. The van der Waals surface area contributed by atoms with Gasteiger partial charge in [0.05, 0.1) is 11.9 Å². The molecule has 0 spiro atoms. The molecule has 0 aliphatic carbocycles. The molecule has 0 bridgehead atoms. The minimum absolute atomic E-state index is 0.529. The highest BCUT2D eigenvalue weighted by molar-refractivity contribution is 5.58. The van der Waals surface area contributed by atoms with Crippen LogP contribution >= 0.6 is 0 Å². The van der Waals surface area contributed by atoms with E-state index in [0.717, 1.165) is 11.3 Å². The van der Waals surface area contributed by atoms with E-state index in [1.54, 1.807) is 16.9 Å². The first-order valence-corrected chi connectivity index (χ1v) is 3.97. The van der Waals surface area contributed by atoms with Crippen molar-refractivity contribution in [2.24, 2.45) is 7.05 Å². The number of nitrogens with two attached hydrogens (primary N) is 1. The first-order valence-electron chi connectivity index (χ1n) is 3.97. The summed E-state index contributed by atoms with van der Waals surface area (Å²) in [7, 11) is 1.87. The molecule has 0 saturated heterocycles. The number of rotatable bonds is 1. The van der Waals surface area contributed by atoms with Gasteiger partial charge in [0, 0.05) is 18.8 Å². The zero-order valence-electron chi connectivity index (χ0n) is 7.31. The van der Waals surface area contributed by atoms with Crippen LogP contribution in [0.15, 0.2) is 30.6 Å². The summed E-state index contributed by atoms with van der Waals surface area (Å²) in [5.41, 5.74) is 7.40. The standard InChI is InChI=1S/C9H10N4/c1-13-6-7(5-11-13)8-3-2-4-9(10)12-8/h2-6H,1H3,(H2,10,12). The largest absolute Gasteiger partial charge is 0.384 e. The van der Waals surface area contributed by atoms with Gasteiger partial charge in [0.15, 0.2) is 0 Å². The molecule has 0 aromatic carbocycles. The topological polar surface area (TPSA) is 56.7 Å². The number of hydrogen-bond acceptors (Lipinski definition) is 3. The second kappa shape index (κ2) is 2.90. The fourth-order valence-electron chi connectivity index (χ4n) is 1.17. The molecule has 2 N–H and O–H groups in total. The quantitative estimate of drug-likeness (QED) is 0.703. The Morgan fingerprint density at radius 2 is 2.23 bits per heavy atom. The van der Waals surface area contributed by atoms with E-state index in [2.05, 4.69) is 10.1 Å². The minimum Gasteiger partial charge on any atom is -0.384 e. The van der Waals surface area contributed by atoms with E-state index < -0.39 is 0 Å². The van der Waals surface area contributed by atoms with Gasteiger partial charge in [-0.05, 0) is 12.1 Å². The van der Waals surface area contributed by atoms with Gasteiger partial charge in [0.25, 0.3) is 0 Å². The lowest BCUT2D eigenvalue weighted by atomic mass is 10.2. The Morgan fingerprint density at radius 3 is 2.85 bits per heavy atom. The average Bonchev–Trinajstić information content (AvgIpc) is 2.52. The van der Waals surface area contributed by atoms with Crippen molar-refractivity contribution < 1.29 is 0 Å². The Bertz CT molecular complexity index is 419. The molecule has 0 saturated carbocycles. The Kier molecular flexibility index (Phi) is 1.73. The summed E-state index contributed by atoms with van der Waals surface area (Å²) in [5, 5.41) is 4.06. The third kappa shape index (κ3) is 1.51. The van der Waals surface area contributed by atoms with Crippen LogP contribution in [0.1, 0.15) is 0 Å². The molecule has 0 amide bonds. The van der Waals surface area contributed by atoms with Crippen LogP contribution in [0.4, 0.5) is 5.82 Å². The molecule has 0 unspecified atom stereocenters. The molecule has 66 valence electrons. The predicted molar refractivity (Wildman–Crippen MR) is 50.9 cm³/mol. The first-order chi connectivity index (χ1) is 6.25. The summed E-state index contributed by atoms with van der Waals surface area (Å²) in [4.78, 5) is 4.18. The van der Waals surface area contributed by atoms with Crippen LogP contribution in [0.5, 0.6) is 0 Å². The van der Waals surface area contributed by atoms with Crippen molar-refractivity contribution in [3.8, 4) is 11.3 Å². The summed E-state index contributed by atoms with van der Waals surface area (Å²) >= 11 is 0. The predicted octanol–water partition coefficient (Wildman–Crippen LogP) is 1.06. The molecule has 0 fully saturated rings. The Hall–Kier alpha value is -1.84. The first kappa shape index (κ1) is 7.79. The summed E-state index contributed by atoms with van der Waals surface area (Å²) < 4.78 is 1.74. The van der Waals surface area contributed by atoms with E-state index >= 15 is 0 Å². The van der Waals surface area contributed by atoms with Gasteiger partial charge in [-0.3, -0.25) is 4.68 Å². The molecular formula is C9H10N4. The molecule has 2 aromatic rings. The molecule has 0 aliphatic rings. The molecule has 0 radical (unpaired) electrons. The molecule has 4 heteroatoms. The summed E-state index contributed by atoms with van der Waals surface area (Å²) in [6.45, 7) is 0. The minimum atomic E-state index is 0.529. The maximum atomic E-state index is 5.56. The van der Waals surface area contributed by atoms with Crippen LogP contribution in [0.2, 0.25) is 0 Å². The van der Waals surface area contributed by atoms with Crippen molar-refractivity contribution in [3.63, 3.8) is 0 Å². The molecule has 2 aromatic heterocycles. The van der Waals surface area contributed by atoms with Crippen LogP contribution < -0.4 is 5.73 Å². The van der Waals surface area contributed by atoms with Crippen LogP contribution in [-0.2, 0) is 7.05 Å². The van der Waals surface area contributed by atoms with E-state index in [1.165, 1.54) is 0 Å². The van der Waals surface area contributed by atoms with Gasteiger partial charge >= 0.3 is 0 Å². The summed E-state index contributed by atoms with van der Waals surface area (Å²) in [6.07, 6.45) is 3.67. The maximum Gasteiger partial charge on any atom is 0.124 e. The number of anilines is 1. The van der Waals surface area contributed by atoms with Crippen molar-refractivity contribution in [2.75, 3.05) is 5.73 Å². The van der Waals surface area contributed by atoms with Gasteiger partial charge in [0.2, 0.25) is 0 Å². The number of nitrogens with zero attached hydrogens (tertiary/aromatic N) is 3. The van der Waals surface area contributed by atoms with Crippen molar-refractivity contribution in [2.45, 2.75) is 0 Å². The average molecular weight is 174 g/mol. The van der Waals surface area contributed by atoms with Gasteiger partial charge < -0.3 is 5.73 Å². The maximum absolute atomic E-state index is 5.56. The van der Waals surface area contributed by atoms with Crippen molar-refractivity contribution in [1.82, 2.24) is 14.8 Å². The van der Waals surface area contributed by atoms with E-state index in [4.69, 9.17) is 5.73 Å². The summed E-state index contributed by atoms with van der Waals surface area (Å²) in [5.74, 6) is 0.529. The number of aromatic nitrogens is 3. The number of aryl methyl sites for hydroxylation is 1. The van der Waals surface area contributed by atoms with E-state index in [1.807, 2.05) is 25.4 Å². The van der Waals surface area contributed by atoms with Crippen molar-refractivity contribution in [3.05, 3.63) is 30.6 Å². The second-order valence-corrected chi connectivity index (χ2v) is 2.85. The Balaban J connectivity index is 2.46. The Labute approximate surface area is 76.0 Å². The van der Waals surface area contributed by atoms with Gasteiger partial charge in [-0.1, -0.05) is 6.07 Å². The number of hydrogen-bond donors (Lipinski definition) is 1. The normalized spacial score (nSPS) is 10.2. The highest BCUT2D eigenvalue weighted by Gasteiger charge is 2.00. The lowest BCUT2D eigenvalue weighted by Gasteiger charge is -1.96. The van der Waals surface area contributed by atoms with E-state index in [-0.39, 0.29) is 0 Å². The smallest absolute Gasteiger partial charge is 0.124 e. The van der Waals surface area contributed by atoms with Crippen LogP contribution in [0.3, 0.4) is 0 Å². The van der Waals surface area contributed by atoms with Crippen LogP contribution in [0.25, 0.3) is 11.3 Å². The third-order valence-corrected chi connectivity index (χ3v) is 1.77. The molecule has 2 rings (SSSR count). The number of nitrogen functional groups attached to an aromatic ring is 1. The molecule has 13 heavy (non-hydrogen) atoms. The molecule has 0 aliphatic heterocycles. The highest BCUT2D eigenvalue weighted by Crippen LogP contribution is 2.15. The van der Waals surface area contributed by atoms with Gasteiger partial charge in [-0.15, -0.1) is 0 Å². The fraction of sp³-hybridized carbons (Fsp3) is 0.111. The molecular weight excluding hydrogens is 164 g/mol. The third-order valence-electron chi connectivity index (χ3n) is 1.77. The van der Waals surface area contributed by atoms with E-state index in [0.29, 0.717) is 5.82 Å². The van der Waals surface area contributed by atoms with Gasteiger partial charge in [-0.2, -0.15) is 5.10 Å². The molecule has 2 heterocycles. The summed E-state index contributed by atoms with van der Waals surface area (Å²) in [6, 6.07) is 5.55. The second-order valence-electron chi connectivity index (χ2n) is 2.85. The van der Waals surface area contributed by atoms with Crippen molar-refractivity contribution in [1.29, 1.82) is 0 Å². The van der Waals surface area contributed by atoms with Gasteiger partial charge in [-0.25, -0.2) is 4.98 Å². The fourth-order valence-corrected chi connectivity index (χ4v) is 1.17. The lowest BCUT2D eigenvalue weighted by Crippen LogP contribution is -1.90. The van der Waals surface area contributed by atoms with Crippen molar-refractivity contribution >= 4 is 5.82 Å². The Morgan fingerprint density at radius 1 is 1.38 bits per heavy atom.